The van der Waals surface area contributed by atoms with Gasteiger partial charge in [-0.05, 0) is 18.2 Å². The molecule has 2 heterocycles. The lowest BCUT2D eigenvalue weighted by atomic mass is 10.4. The zero-order valence-corrected chi connectivity index (χ0v) is 10.8. The molecule has 2 aromatic heterocycles. The van der Waals surface area contributed by atoms with Crippen molar-refractivity contribution in [2.45, 2.75) is 4.21 Å². The van der Waals surface area contributed by atoms with Crippen molar-refractivity contribution in [3.63, 3.8) is 0 Å². The highest BCUT2D eigenvalue weighted by Crippen LogP contribution is 2.22. The number of aromatic nitrogens is 1. The first-order valence-corrected chi connectivity index (χ1v) is 7.22. The van der Waals surface area contributed by atoms with Crippen molar-refractivity contribution in [3.8, 4) is 0 Å². The van der Waals surface area contributed by atoms with E-state index >= 15 is 0 Å². The molecule has 0 aliphatic heterocycles. The lowest BCUT2D eigenvalue weighted by Crippen LogP contribution is -2.13. The van der Waals surface area contributed by atoms with Gasteiger partial charge in [0.15, 0.2) is 0 Å². The van der Waals surface area contributed by atoms with Crippen LogP contribution in [-0.4, -0.2) is 24.5 Å². The van der Waals surface area contributed by atoms with Gasteiger partial charge < -0.3 is 5.11 Å². The van der Waals surface area contributed by atoms with E-state index in [1.165, 1.54) is 17.5 Å². The zero-order chi connectivity index (χ0) is 14.0. The Hall–Kier alpha value is -2.00. The van der Waals surface area contributed by atoms with Crippen molar-refractivity contribution in [3.05, 3.63) is 41.2 Å². The van der Waals surface area contributed by atoms with Crippen LogP contribution in [0.2, 0.25) is 0 Å². The summed E-state index contributed by atoms with van der Waals surface area (Å²) in [5.74, 6) is -2.22. The number of hydrogen-bond acceptors (Lipinski definition) is 5. The number of hydrogen-bond donors (Lipinski definition) is 2. The minimum atomic E-state index is -3.97. The fourth-order valence-corrected chi connectivity index (χ4v) is 3.38. The predicted molar refractivity (Wildman–Crippen MR) is 66.3 cm³/mol. The number of carbonyl (C=O) groups is 1. The van der Waals surface area contributed by atoms with E-state index in [4.69, 9.17) is 5.11 Å². The first-order valence-electron chi connectivity index (χ1n) is 4.86. The molecule has 0 saturated carbocycles. The highest BCUT2D eigenvalue weighted by atomic mass is 32.2. The number of thiophene rings is 1. The normalized spacial score (nSPS) is 11.2. The number of carboxylic acid groups (broad SMARTS) is 1. The Balaban J connectivity index is 2.29. The van der Waals surface area contributed by atoms with Crippen molar-refractivity contribution in [1.29, 1.82) is 0 Å². The molecule has 0 aromatic carbocycles. The molecular weight excluding hydrogens is 295 g/mol. The third kappa shape index (κ3) is 3.06. The Bertz CT molecular complexity index is 727. The van der Waals surface area contributed by atoms with Crippen LogP contribution >= 0.6 is 11.3 Å². The molecule has 0 spiro atoms. The maximum atomic E-state index is 12.8. The maximum absolute atomic E-state index is 12.8. The summed E-state index contributed by atoms with van der Waals surface area (Å²) >= 11 is 0.755. The second kappa shape index (κ2) is 4.94. The van der Waals surface area contributed by atoms with Gasteiger partial charge in [-0.3, -0.25) is 4.72 Å². The average molecular weight is 302 g/mol. The number of halogens is 1. The molecule has 0 radical (unpaired) electrons. The van der Waals surface area contributed by atoms with Crippen LogP contribution in [0.15, 0.2) is 33.9 Å². The topological polar surface area (TPSA) is 96.4 Å². The molecule has 0 fully saturated rings. The second-order valence-corrected chi connectivity index (χ2v) is 6.23. The van der Waals surface area contributed by atoms with Gasteiger partial charge in [-0.25, -0.2) is 18.2 Å². The molecule has 9 heteroatoms. The molecule has 6 nitrogen and oxygen atoms in total. The fourth-order valence-electron chi connectivity index (χ4n) is 1.22. The minimum absolute atomic E-state index is 0.127. The molecule has 2 N–H and O–H groups in total. The quantitative estimate of drug-likeness (QED) is 0.839. The van der Waals surface area contributed by atoms with Crippen LogP contribution in [0.1, 0.15) is 10.4 Å². The fraction of sp³-hybridized carbons (Fsp3) is 0. The van der Waals surface area contributed by atoms with Crippen molar-refractivity contribution >= 4 is 33.1 Å². The number of rotatable bonds is 4. The van der Waals surface area contributed by atoms with Crippen molar-refractivity contribution in [1.82, 2.24) is 4.98 Å². The van der Waals surface area contributed by atoms with Crippen LogP contribution < -0.4 is 4.72 Å². The van der Waals surface area contributed by atoms with E-state index in [1.54, 1.807) is 0 Å². The molecule has 0 saturated heterocycles. The van der Waals surface area contributed by atoms with Gasteiger partial charge in [0.05, 0.1) is 5.56 Å². The largest absolute Gasteiger partial charge is 0.478 e. The van der Waals surface area contributed by atoms with Gasteiger partial charge in [-0.15, -0.1) is 11.3 Å². The van der Waals surface area contributed by atoms with Crippen LogP contribution in [0, 0.1) is 5.95 Å². The molecule has 0 bridgehead atoms. The number of nitrogens with zero attached hydrogens (tertiary/aromatic N) is 1. The molecule has 0 atom stereocenters. The van der Waals surface area contributed by atoms with Gasteiger partial charge in [-0.2, -0.15) is 4.39 Å². The van der Waals surface area contributed by atoms with E-state index in [0.29, 0.717) is 0 Å². The Morgan fingerprint density at radius 1 is 1.42 bits per heavy atom. The third-order valence-corrected chi connectivity index (χ3v) is 4.84. The summed E-state index contributed by atoms with van der Waals surface area (Å²) in [6, 6.07) is 4.68. The van der Waals surface area contributed by atoms with Gasteiger partial charge >= 0.3 is 5.97 Å². The molecule has 2 aromatic rings. The molecular formula is C10H7FN2O4S2. The van der Waals surface area contributed by atoms with Gasteiger partial charge in [0.1, 0.15) is 10.0 Å². The van der Waals surface area contributed by atoms with E-state index in [9.17, 15) is 17.6 Å². The smallest absolute Gasteiger partial charge is 0.336 e. The summed E-state index contributed by atoms with van der Waals surface area (Å²) in [5.41, 5.74) is -0.127. The number of aromatic carboxylic acids is 1. The first-order chi connectivity index (χ1) is 8.88. The lowest BCUT2D eigenvalue weighted by Gasteiger charge is -2.04. The first kappa shape index (κ1) is 13.4. The third-order valence-electron chi connectivity index (χ3n) is 2.04. The number of anilines is 1. The summed E-state index contributed by atoms with van der Waals surface area (Å²) in [6.45, 7) is 0. The molecule has 0 unspecified atom stereocenters. The molecule has 2 rings (SSSR count). The predicted octanol–water partition coefficient (Wildman–Crippen LogP) is 1.78. The average Bonchev–Trinajstić information content (AvgIpc) is 2.78. The van der Waals surface area contributed by atoms with E-state index in [0.717, 1.165) is 23.5 Å². The van der Waals surface area contributed by atoms with Gasteiger partial charge in [0.2, 0.25) is 5.95 Å². The van der Waals surface area contributed by atoms with E-state index in [-0.39, 0.29) is 15.6 Å². The van der Waals surface area contributed by atoms with Gasteiger partial charge in [-0.1, -0.05) is 6.07 Å². The van der Waals surface area contributed by atoms with Crippen LogP contribution in [-0.2, 0) is 10.0 Å². The van der Waals surface area contributed by atoms with Gasteiger partial charge in [0.25, 0.3) is 10.0 Å². The summed E-state index contributed by atoms with van der Waals surface area (Å²) in [6.07, 6.45) is 0. The molecule has 19 heavy (non-hydrogen) atoms. The van der Waals surface area contributed by atoms with Crippen LogP contribution in [0.25, 0.3) is 0 Å². The van der Waals surface area contributed by atoms with Crippen molar-refractivity contribution in [2.24, 2.45) is 0 Å². The highest BCUT2D eigenvalue weighted by molar-refractivity contribution is 7.94. The van der Waals surface area contributed by atoms with Crippen molar-refractivity contribution < 1.29 is 22.7 Å². The maximum Gasteiger partial charge on any atom is 0.336 e. The zero-order valence-electron chi connectivity index (χ0n) is 9.20. The number of sulfonamides is 1. The SMILES string of the molecule is O=C(O)c1csc(S(=O)(=O)Nc2cccc(F)n2)c1. The number of carboxylic acids is 1. The Morgan fingerprint density at radius 2 is 2.16 bits per heavy atom. The summed E-state index contributed by atoms with van der Waals surface area (Å²) in [5, 5.41) is 9.92. The highest BCUT2D eigenvalue weighted by Gasteiger charge is 2.19. The monoisotopic (exact) mass is 302 g/mol. The van der Waals surface area contributed by atoms with Crippen LogP contribution in [0.5, 0.6) is 0 Å². The molecule has 0 amide bonds. The Kier molecular flexibility index (Phi) is 3.49. The van der Waals surface area contributed by atoms with Gasteiger partial charge in [0, 0.05) is 5.38 Å². The van der Waals surface area contributed by atoms with Crippen molar-refractivity contribution in [2.75, 3.05) is 4.72 Å². The van der Waals surface area contributed by atoms with Crippen LogP contribution in [0.3, 0.4) is 0 Å². The second-order valence-electron chi connectivity index (χ2n) is 3.41. The summed E-state index contributed by atoms with van der Waals surface area (Å²) in [7, 11) is -3.97. The minimum Gasteiger partial charge on any atom is -0.478 e. The van der Waals surface area contributed by atoms with E-state index < -0.39 is 21.9 Å². The number of pyridine rings is 1. The Labute approximate surface area is 111 Å². The standard InChI is InChI=1S/C10H7FN2O4S2/c11-7-2-1-3-8(12-7)13-19(16,17)9-4-6(5-18-9)10(14)15/h1-5H,(H,12,13)(H,14,15). The molecule has 0 aliphatic rings. The van der Waals surface area contributed by atoms with E-state index in [2.05, 4.69) is 9.71 Å². The molecule has 0 aliphatic carbocycles. The molecule has 100 valence electrons. The number of nitrogens with one attached hydrogen (secondary N) is 1. The van der Waals surface area contributed by atoms with Crippen LogP contribution in [0.4, 0.5) is 10.2 Å². The van der Waals surface area contributed by atoms with E-state index in [1.807, 2.05) is 0 Å². The Morgan fingerprint density at radius 3 is 2.74 bits per heavy atom. The lowest BCUT2D eigenvalue weighted by molar-refractivity contribution is 0.0697. The summed E-state index contributed by atoms with van der Waals surface area (Å²) in [4.78, 5) is 14.0. The summed E-state index contributed by atoms with van der Waals surface area (Å²) < 4.78 is 38.5.